The highest BCUT2D eigenvalue weighted by Gasteiger charge is 2.12. The molecule has 8 nitrogen and oxygen atoms in total. The van der Waals surface area contributed by atoms with Crippen LogP contribution in [-0.4, -0.2) is 47.7 Å². The van der Waals surface area contributed by atoms with E-state index >= 15 is 0 Å². The highest BCUT2D eigenvalue weighted by Crippen LogP contribution is 2.18. The molecular formula is C25H33FN4O4. The lowest BCUT2D eigenvalue weighted by Crippen LogP contribution is -2.31. The fraction of sp³-hybridized carbons (Fsp3) is 0.440. The van der Waals surface area contributed by atoms with E-state index in [1.54, 1.807) is 6.07 Å². The zero-order valence-electron chi connectivity index (χ0n) is 19.3. The molecule has 184 valence electrons. The van der Waals surface area contributed by atoms with Crippen LogP contribution in [0.1, 0.15) is 42.9 Å². The van der Waals surface area contributed by atoms with Crippen molar-refractivity contribution in [2.24, 2.45) is 0 Å². The molecule has 3 rings (SSSR count). The Balaban J connectivity index is 1.40. The molecule has 0 bridgehead atoms. The maximum Gasteiger partial charge on any atom is 0.274 e. The van der Waals surface area contributed by atoms with Crippen LogP contribution in [0.25, 0.3) is 0 Å². The standard InChI is InChI=1S/C25H33FN4O4/c26-22-9-5-8-21(16-22)24(31)17-28-25(19-30(32)33)27-11-6-14-34-23-10-4-7-20(15-23)18-29-12-2-1-3-13-29/h4-5,7-10,15-16,19,24,27-28,31H,1-3,6,11-14,17-18H2. The van der Waals surface area contributed by atoms with Crippen molar-refractivity contribution >= 4 is 0 Å². The van der Waals surface area contributed by atoms with E-state index in [1.807, 2.05) is 12.1 Å². The third kappa shape index (κ3) is 8.99. The van der Waals surface area contributed by atoms with E-state index in [9.17, 15) is 19.6 Å². The van der Waals surface area contributed by atoms with E-state index in [0.29, 0.717) is 25.1 Å². The van der Waals surface area contributed by atoms with Crippen molar-refractivity contribution in [2.75, 3.05) is 32.8 Å². The van der Waals surface area contributed by atoms with Crippen molar-refractivity contribution in [1.29, 1.82) is 0 Å². The smallest absolute Gasteiger partial charge is 0.274 e. The Labute approximate surface area is 199 Å². The van der Waals surface area contributed by atoms with Gasteiger partial charge in [-0.1, -0.05) is 30.7 Å². The van der Waals surface area contributed by atoms with E-state index in [4.69, 9.17) is 4.74 Å². The van der Waals surface area contributed by atoms with Gasteiger partial charge in [-0.2, -0.15) is 0 Å². The van der Waals surface area contributed by atoms with Crippen LogP contribution in [0, 0.1) is 15.9 Å². The predicted octanol–water partition coefficient (Wildman–Crippen LogP) is 3.57. The SMILES string of the molecule is O=[N+]([O-])C=C(NCCCOc1cccc(CN2CCCCC2)c1)NCC(O)c1cccc(F)c1. The van der Waals surface area contributed by atoms with Crippen LogP contribution in [0.2, 0.25) is 0 Å². The second-order valence-corrected chi connectivity index (χ2v) is 8.39. The summed E-state index contributed by atoms with van der Waals surface area (Å²) >= 11 is 0. The average Bonchev–Trinajstić information content (AvgIpc) is 2.82. The number of rotatable bonds is 13. The maximum absolute atomic E-state index is 13.3. The molecule has 9 heteroatoms. The Morgan fingerprint density at radius 2 is 1.97 bits per heavy atom. The van der Waals surface area contributed by atoms with Gasteiger partial charge in [0.05, 0.1) is 17.6 Å². The summed E-state index contributed by atoms with van der Waals surface area (Å²) in [5, 5.41) is 26.9. The Morgan fingerprint density at radius 1 is 1.18 bits per heavy atom. The van der Waals surface area contributed by atoms with E-state index in [-0.39, 0.29) is 12.4 Å². The molecule has 3 N–H and O–H groups in total. The molecule has 0 aromatic heterocycles. The summed E-state index contributed by atoms with van der Waals surface area (Å²) in [6.07, 6.45) is 4.26. The van der Waals surface area contributed by atoms with Crippen LogP contribution in [0.4, 0.5) is 4.39 Å². The molecule has 1 aliphatic rings. The molecule has 1 saturated heterocycles. The van der Waals surface area contributed by atoms with Crippen LogP contribution in [-0.2, 0) is 6.54 Å². The minimum Gasteiger partial charge on any atom is -0.494 e. The fourth-order valence-corrected chi connectivity index (χ4v) is 3.89. The number of nitro groups is 1. The number of aliphatic hydroxyl groups excluding tert-OH is 1. The number of nitrogens with one attached hydrogen (secondary N) is 2. The number of piperidine rings is 1. The second kappa shape index (κ2) is 13.5. The van der Waals surface area contributed by atoms with E-state index < -0.39 is 16.8 Å². The summed E-state index contributed by atoms with van der Waals surface area (Å²) in [4.78, 5) is 12.8. The topological polar surface area (TPSA) is 99.9 Å². The number of hydrogen-bond acceptors (Lipinski definition) is 7. The molecule has 0 spiro atoms. The minimum atomic E-state index is -1.01. The predicted molar refractivity (Wildman–Crippen MR) is 128 cm³/mol. The normalized spacial score (nSPS) is 15.5. The van der Waals surface area contributed by atoms with Crippen LogP contribution >= 0.6 is 0 Å². The van der Waals surface area contributed by atoms with Gasteiger partial charge in [0.25, 0.3) is 6.20 Å². The van der Waals surface area contributed by atoms with Crippen molar-refractivity contribution in [2.45, 2.75) is 38.3 Å². The number of aliphatic hydroxyl groups is 1. The first-order valence-corrected chi connectivity index (χ1v) is 11.7. The minimum absolute atomic E-state index is 0.00354. The highest BCUT2D eigenvalue weighted by molar-refractivity contribution is 5.28. The molecule has 34 heavy (non-hydrogen) atoms. The second-order valence-electron chi connectivity index (χ2n) is 8.39. The Morgan fingerprint density at radius 3 is 2.74 bits per heavy atom. The van der Waals surface area contributed by atoms with Crippen LogP contribution in [0.15, 0.2) is 60.6 Å². The molecule has 1 fully saturated rings. The van der Waals surface area contributed by atoms with Gasteiger partial charge in [0.2, 0.25) is 0 Å². The number of ether oxygens (including phenoxy) is 1. The highest BCUT2D eigenvalue weighted by atomic mass is 19.1. The molecule has 1 unspecified atom stereocenters. The zero-order chi connectivity index (χ0) is 24.2. The molecule has 1 atom stereocenters. The quantitative estimate of drug-likeness (QED) is 0.233. The lowest BCUT2D eigenvalue weighted by atomic mass is 10.1. The van der Waals surface area contributed by atoms with Gasteiger partial charge in [0.1, 0.15) is 11.6 Å². The molecule has 2 aromatic rings. The van der Waals surface area contributed by atoms with E-state index in [0.717, 1.165) is 31.6 Å². The summed E-state index contributed by atoms with van der Waals surface area (Å²) in [5.74, 6) is 0.531. The van der Waals surface area contributed by atoms with Gasteiger partial charge in [-0.05, 0) is 67.7 Å². The monoisotopic (exact) mass is 472 g/mol. The molecule has 1 heterocycles. The van der Waals surface area contributed by atoms with Gasteiger partial charge in [0, 0.05) is 19.6 Å². The van der Waals surface area contributed by atoms with Crippen molar-refractivity contribution in [1.82, 2.24) is 15.5 Å². The third-order valence-electron chi connectivity index (χ3n) is 5.61. The average molecular weight is 473 g/mol. The number of halogens is 1. The first kappa shape index (κ1) is 25.5. The number of hydrogen-bond donors (Lipinski definition) is 3. The number of likely N-dealkylation sites (tertiary alicyclic amines) is 1. The third-order valence-corrected chi connectivity index (χ3v) is 5.61. The fourth-order valence-electron chi connectivity index (χ4n) is 3.89. The molecule has 0 radical (unpaired) electrons. The van der Waals surface area contributed by atoms with E-state index in [2.05, 4.69) is 27.7 Å². The van der Waals surface area contributed by atoms with Gasteiger partial charge < -0.3 is 20.5 Å². The van der Waals surface area contributed by atoms with Gasteiger partial charge in [-0.15, -0.1) is 0 Å². The summed E-state index contributed by atoms with van der Waals surface area (Å²) in [6.45, 7) is 4.11. The summed E-state index contributed by atoms with van der Waals surface area (Å²) in [6, 6.07) is 13.7. The lowest BCUT2D eigenvalue weighted by Gasteiger charge is -2.26. The van der Waals surface area contributed by atoms with Crippen molar-refractivity contribution < 1.29 is 19.2 Å². The Kier molecular flexibility index (Phi) is 10.1. The molecule has 0 aliphatic carbocycles. The van der Waals surface area contributed by atoms with Crippen molar-refractivity contribution in [3.63, 3.8) is 0 Å². The lowest BCUT2D eigenvalue weighted by molar-refractivity contribution is -0.404. The van der Waals surface area contributed by atoms with Gasteiger partial charge in [-0.3, -0.25) is 15.0 Å². The molecule has 0 saturated carbocycles. The van der Waals surface area contributed by atoms with Crippen molar-refractivity contribution in [3.8, 4) is 5.75 Å². The van der Waals surface area contributed by atoms with Crippen molar-refractivity contribution in [3.05, 3.63) is 87.6 Å². The Hall–Kier alpha value is -3.17. The van der Waals surface area contributed by atoms with Crippen LogP contribution in [0.5, 0.6) is 5.75 Å². The number of nitrogens with zero attached hydrogens (tertiary/aromatic N) is 2. The zero-order valence-corrected chi connectivity index (χ0v) is 19.3. The van der Waals surface area contributed by atoms with E-state index in [1.165, 1.54) is 43.0 Å². The first-order valence-electron chi connectivity index (χ1n) is 11.7. The first-order chi connectivity index (χ1) is 16.5. The molecule has 2 aromatic carbocycles. The van der Waals surface area contributed by atoms with Gasteiger partial charge in [-0.25, -0.2) is 4.39 Å². The largest absolute Gasteiger partial charge is 0.494 e. The number of benzene rings is 2. The maximum atomic E-state index is 13.3. The Bertz CT molecular complexity index is 950. The summed E-state index contributed by atoms with van der Waals surface area (Å²) in [5.41, 5.74) is 1.62. The molecule has 1 aliphatic heterocycles. The molecule has 0 amide bonds. The van der Waals surface area contributed by atoms with Gasteiger partial charge >= 0.3 is 0 Å². The van der Waals surface area contributed by atoms with Crippen LogP contribution < -0.4 is 15.4 Å². The van der Waals surface area contributed by atoms with Gasteiger partial charge in [0.15, 0.2) is 5.82 Å². The summed E-state index contributed by atoms with van der Waals surface area (Å²) < 4.78 is 19.2. The summed E-state index contributed by atoms with van der Waals surface area (Å²) in [7, 11) is 0. The van der Waals surface area contributed by atoms with Crippen LogP contribution in [0.3, 0.4) is 0 Å². The molecular weight excluding hydrogens is 439 g/mol.